The van der Waals surface area contributed by atoms with Crippen molar-refractivity contribution in [1.82, 2.24) is 0 Å². The Balaban J connectivity index is 1.83. The molecule has 0 N–H and O–H groups in total. The summed E-state index contributed by atoms with van der Waals surface area (Å²) in [5.74, 6) is 1.50. The van der Waals surface area contributed by atoms with Crippen molar-refractivity contribution in [1.29, 1.82) is 0 Å². The molecule has 0 aromatic rings. The first-order valence-electron chi connectivity index (χ1n) is 5.91. The average Bonchev–Trinajstić information content (AvgIpc) is 2.92. The number of hydrogen-bond acceptors (Lipinski definition) is 2. The van der Waals surface area contributed by atoms with E-state index >= 15 is 0 Å². The van der Waals surface area contributed by atoms with Crippen LogP contribution in [0.4, 0.5) is 0 Å². The molecule has 15 heavy (non-hydrogen) atoms. The monoisotopic (exact) mass is 204 g/mol. The molecule has 0 aromatic carbocycles. The Hall–Kier alpha value is -0.600. The highest BCUT2D eigenvalue weighted by Crippen LogP contribution is 2.65. The third-order valence-electron chi connectivity index (χ3n) is 4.86. The van der Waals surface area contributed by atoms with Crippen LogP contribution in [0.3, 0.4) is 0 Å². The van der Waals surface area contributed by atoms with E-state index in [4.69, 9.17) is 9.47 Å². The van der Waals surface area contributed by atoms with E-state index in [1.54, 1.807) is 0 Å². The molecule has 3 aliphatic carbocycles. The van der Waals surface area contributed by atoms with E-state index in [-0.39, 0.29) is 11.2 Å². The van der Waals surface area contributed by atoms with Crippen molar-refractivity contribution in [3.63, 3.8) is 0 Å². The molecule has 2 fully saturated rings. The molecule has 1 aliphatic heterocycles. The van der Waals surface area contributed by atoms with E-state index in [2.05, 4.69) is 31.2 Å². The van der Waals surface area contributed by atoms with Crippen molar-refractivity contribution in [3.05, 3.63) is 24.3 Å². The van der Waals surface area contributed by atoms with E-state index in [9.17, 15) is 0 Å². The molecule has 4 rings (SSSR count). The van der Waals surface area contributed by atoms with Gasteiger partial charge < -0.3 is 9.47 Å². The van der Waals surface area contributed by atoms with Gasteiger partial charge in [-0.25, -0.2) is 0 Å². The van der Waals surface area contributed by atoms with Gasteiger partial charge in [0.1, 0.15) is 0 Å². The second-order valence-electron chi connectivity index (χ2n) is 5.49. The van der Waals surface area contributed by atoms with E-state index in [1.807, 2.05) is 0 Å². The molecule has 80 valence electrons. The molecule has 1 spiro atoms. The Morgan fingerprint density at radius 1 is 1.13 bits per heavy atom. The summed E-state index contributed by atoms with van der Waals surface area (Å²) in [6.45, 7) is 3.86. The molecule has 2 heteroatoms. The van der Waals surface area contributed by atoms with Crippen molar-refractivity contribution >= 4 is 0 Å². The van der Waals surface area contributed by atoms with Crippen LogP contribution in [-0.2, 0) is 9.47 Å². The third kappa shape index (κ3) is 0.809. The minimum Gasteiger partial charge on any atom is -0.344 e. The number of hydrogen-bond donors (Lipinski definition) is 0. The predicted octanol–water partition coefficient (Wildman–Crippen LogP) is 2.13. The van der Waals surface area contributed by atoms with Gasteiger partial charge in [-0.1, -0.05) is 25.2 Å². The van der Waals surface area contributed by atoms with E-state index < -0.39 is 0 Å². The summed E-state index contributed by atoms with van der Waals surface area (Å²) >= 11 is 0. The minimum atomic E-state index is -0.376. The average molecular weight is 204 g/mol. The molecule has 0 amide bonds. The fourth-order valence-corrected chi connectivity index (χ4v) is 4.21. The van der Waals surface area contributed by atoms with Crippen LogP contribution >= 0.6 is 0 Å². The smallest absolute Gasteiger partial charge is 0.192 e. The second-order valence-corrected chi connectivity index (χ2v) is 5.49. The lowest BCUT2D eigenvalue weighted by Crippen LogP contribution is -2.43. The Morgan fingerprint density at radius 2 is 1.93 bits per heavy atom. The maximum absolute atomic E-state index is 5.89. The molecule has 4 atom stereocenters. The SMILES string of the molecule is C[C@@]12C=CC3(OCCO3)[C@@H]1[C@@H]1C=C[C@H]2C1. The summed E-state index contributed by atoms with van der Waals surface area (Å²) < 4.78 is 11.8. The fraction of sp³-hybridized carbons (Fsp3) is 0.692. The summed E-state index contributed by atoms with van der Waals surface area (Å²) in [5, 5.41) is 0. The zero-order valence-corrected chi connectivity index (χ0v) is 8.98. The molecular formula is C13H16O2. The van der Waals surface area contributed by atoms with Crippen LogP contribution in [0.1, 0.15) is 13.3 Å². The number of fused-ring (bicyclic) bond motifs is 6. The van der Waals surface area contributed by atoms with Crippen molar-refractivity contribution in [2.24, 2.45) is 23.2 Å². The summed E-state index contributed by atoms with van der Waals surface area (Å²) in [5.41, 5.74) is 0.282. The molecule has 2 nitrogen and oxygen atoms in total. The quantitative estimate of drug-likeness (QED) is 0.563. The van der Waals surface area contributed by atoms with Gasteiger partial charge in [-0.3, -0.25) is 0 Å². The molecule has 0 aromatic heterocycles. The standard InChI is InChI=1S/C13H16O2/c1-12-4-5-13(14-6-7-15-13)11(12)9-2-3-10(12)8-9/h2-5,9-11H,6-8H2,1H3/t9-,10+,11-,12+/m1/s1. The van der Waals surface area contributed by atoms with Gasteiger partial charge in [0.15, 0.2) is 5.79 Å². The lowest BCUT2D eigenvalue weighted by Gasteiger charge is -2.39. The Kier molecular flexibility index (Phi) is 1.36. The highest BCUT2D eigenvalue weighted by Gasteiger charge is 2.64. The van der Waals surface area contributed by atoms with Gasteiger partial charge in [0.25, 0.3) is 0 Å². The van der Waals surface area contributed by atoms with Crippen LogP contribution in [0.5, 0.6) is 0 Å². The van der Waals surface area contributed by atoms with Gasteiger partial charge in [0.2, 0.25) is 0 Å². The summed E-state index contributed by atoms with van der Waals surface area (Å²) in [4.78, 5) is 0. The molecule has 0 radical (unpaired) electrons. The minimum absolute atomic E-state index is 0.282. The van der Waals surface area contributed by atoms with E-state index in [0.717, 1.165) is 13.2 Å². The largest absolute Gasteiger partial charge is 0.344 e. The topological polar surface area (TPSA) is 18.5 Å². The second kappa shape index (κ2) is 2.38. The van der Waals surface area contributed by atoms with Crippen molar-refractivity contribution < 1.29 is 9.47 Å². The maximum Gasteiger partial charge on any atom is 0.192 e. The number of ether oxygens (including phenoxy) is 2. The lowest BCUT2D eigenvalue weighted by atomic mass is 9.71. The normalized spacial score (nSPS) is 53.3. The molecule has 1 saturated heterocycles. The van der Waals surface area contributed by atoms with Gasteiger partial charge in [0.05, 0.1) is 13.2 Å². The zero-order valence-electron chi connectivity index (χ0n) is 8.98. The summed E-state index contributed by atoms with van der Waals surface area (Å²) in [6, 6.07) is 0. The van der Waals surface area contributed by atoms with E-state index in [0.29, 0.717) is 17.8 Å². The first-order chi connectivity index (χ1) is 7.25. The molecule has 4 aliphatic rings. The first kappa shape index (κ1) is 8.54. The first-order valence-corrected chi connectivity index (χ1v) is 5.91. The highest BCUT2D eigenvalue weighted by molar-refractivity contribution is 5.33. The van der Waals surface area contributed by atoms with E-state index in [1.165, 1.54) is 6.42 Å². The molecule has 1 heterocycles. The lowest BCUT2D eigenvalue weighted by molar-refractivity contribution is -0.171. The van der Waals surface area contributed by atoms with Crippen LogP contribution in [-0.4, -0.2) is 19.0 Å². The van der Waals surface area contributed by atoms with Crippen LogP contribution in [0, 0.1) is 23.2 Å². The molecule has 2 bridgehead atoms. The number of allylic oxidation sites excluding steroid dienone is 3. The van der Waals surface area contributed by atoms with Crippen LogP contribution in [0.15, 0.2) is 24.3 Å². The Bertz CT molecular complexity index is 365. The van der Waals surface area contributed by atoms with Gasteiger partial charge in [-0.15, -0.1) is 0 Å². The summed E-state index contributed by atoms with van der Waals surface area (Å²) in [6.07, 6.45) is 10.6. The fourth-order valence-electron chi connectivity index (χ4n) is 4.21. The van der Waals surface area contributed by atoms with Crippen molar-refractivity contribution in [2.75, 3.05) is 13.2 Å². The molecule has 1 saturated carbocycles. The van der Waals surface area contributed by atoms with Gasteiger partial charge in [-0.2, -0.15) is 0 Å². The van der Waals surface area contributed by atoms with Crippen LogP contribution in [0.2, 0.25) is 0 Å². The van der Waals surface area contributed by atoms with Crippen LogP contribution < -0.4 is 0 Å². The number of rotatable bonds is 0. The van der Waals surface area contributed by atoms with Crippen molar-refractivity contribution in [2.45, 2.75) is 19.1 Å². The highest BCUT2D eigenvalue weighted by atomic mass is 16.7. The predicted molar refractivity (Wildman–Crippen MR) is 56.1 cm³/mol. The maximum atomic E-state index is 5.89. The molecule has 0 unspecified atom stereocenters. The van der Waals surface area contributed by atoms with Gasteiger partial charge >= 0.3 is 0 Å². The zero-order chi connectivity index (χ0) is 10.1. The Morgan fingerprint density at radius 3 is 2.73 bits per heavy atom. The summed E-state index contributed by atoms with van der Waals surface area (Å²) in [7, 11) is 0. The molecular weight excluding hydrogens is 188 g/mol. The Labute approximate surface area is 89.9 Å². The van der Waals surface area contributed by atoms with Gasteiger partial charge in [0, 0.05) is 11.3 Å². The van der Waals surface area contributed by atoms with Gasteiger partial charge in [-0.05, 0) is 24.3 Å². The third-order valence-corrected chi connectivity index (χ3v) is 4.86. The van der Waals surface area contributed by atoms with Crippen molar-refractivity contribution in [3.8, 4) is 0 Å². The van der Waals surface area contributed by atoms with Crippen LogP contribution in [0.25, 0.3) is 0 Å².